The van der Waals surface area contributed by atoms with E-state index in [1.807, 2.05) is 0 Å². The Morgan fingerprint density at radius 2 is 1.72 bits per heavy atom. The fourth-order valence-corrected chi connectivity index (χ4v) is 3.50. The summed E-state index contributed by atoms with van der Waals surface area (Å²) in [4.78, 5) is 31.0. The van der Waals surface area contributed by atoms with E-state index in [9.17, 15) is 19.1 Å². The Balaban J connectivity index is 1.89. The predicted octanol–water partition coefficient (Wildman–Crippen LogP) is 3.84. The maximum absolute atomic E-state index is 14.7. The summed E-state index contributed by atoms with van der Waals surface area (Å²) in [6.45, 7) is 0.0585. The van der Waals surface area contributed by atoms with Crippen molar-refractivity contribution in [1.82, 2.24) is 9.88 Å². The highest BCUT2D eigenvalue weighted by Gasteiger charge is 2.46. The van der Waals surface area contributed by atoms with Crippen molar-refractivity contribution in [1.29, 1.82) is 0 Å². The Morgan fingerprint density at radius 3 is 2.41 bits per heavy atom. The third kappa shape index (κ3) is 3.40. The van der Waals surface area contributed by atoms with Gasteiger partial charge >= 0.3 is 0 Å². The molecule has 1 aromatic heterocycles. The molecule has 1 aliphatic heterocycles. The van der Waals surface area contributed by atoms with Gasteiger partial charge in [-0.2, -0.15) is 0 Å². The number of benzene rings is 2. The number of pyridine rings is 1. The second-order valence-electron chi connectivity index (χ2n) is 6.68. The van der Waals surface area contributed by atoms with Crippen molar-refractivity contribution in [3.63, 3.8) is 0 Å². The maximum Gasteiger partial charge on any atom is 0.295 e. The van der Waals surface area contributed by atoms with Gasteiger partial charge in [-0.1, -0.05) is 54.6 Å². The zero-order valence-corrected chi connectivity index (χ0v) is 15.3. The number of aliphatic hydroxyl groups excluding tert-OH is 1. The van der Waals surface area contributed by atoms with E-state index in [2.05, 4.69) is 4.98 Å². The van der Waals surface area contributed by atoms with Crippen LogP contribution in [0.4, 0.5) is 4.39 Å². The SMILES string of the molecule is O=C1C(=O)N(Cc2cccnc2)C(c2ccccc2F)/C1=C(\O)c1ccccc1. The molecule has 29 heavy (non-hydrogen) atoms. The van der Waals surface area contributed by atoms with Gasteiger partial charge in [-0.25, -0.2) is 4.39 Å². The lowest BCUT2D eigenvalue weighted by atomic mass is 9.95. The van der Waals surface area contributed by atoms with Crippen molar-refractivity contribution < 1.29 is 19.1 Å². The summed E-state index contributed by atoms with van der Waals surface area (Å²) in [5.41, 5.74) is 1.09. The van der Waals surface area contributed by atoms with E-state index in [0.29, 0.717) is 11.1 Å². The Hall–Kier alpha value is -3.80. The van der Waals surface area contributed by atoms with Gasteiger partial charge in [0.05, 0.1) is 11.6 Å². The van der Waals surface area contributed by atoms with Crippen LogP contribution in [-0.2, 0) is 16.1 Å². The van der Waals surface area contributed by atoms with Crippen LogP contribution >= 0.6 is 0 Å². The van der Waals surface area contributed by atoms with E-state index >= 15 is 0 Å². The van der Waals surface area contributed by atoms with Crippen LogP contribution in [0.25, 0.3) is 5.76 Å². The lowest BCUT2D eigenvalue weighted by Crippen LogP contribution is -2.29. The Morgan fingerprint density at radius 1 is 1.00 bits per heavy atom. The molecule has 0 bridgehead atoms. The van der Waals surface area contributed by atoms with Crippen LogP contribution in [0.2, 0.25) is 0 Å². The molecule has 4 rings (SSSR count). The van der Waals surface area contributed by atoms with Crippen LogP contribution < -0.4 is 0 Å². The van der Waals surface area contributed by atoms with Crippen molar-refractivity contribution in [2.45, 2.75) is 12.6 Å². The predicted molar refractivity (Wildman–Crippen MR) is 105 cm³/mol. The van der Waals surface area contributed by atoms with Crippen LogP contribution in [0.5, 0.6) is 0 Å². The van der Waals surface area contributed by atoms with Crippen LogP contribution in [-0.4, -0.2) is 26.7 Å². The monoisotopic (exact) mass is 388 g/mol. The van der Waals surface area contributed by atoms with Crippen LogP contribution in [0.15, 0.2) is 84.7 Å². The highest BCUT2D eigenvalue weighted by molar-refractivity contribution is 6.46. The summed E-state index contributed by atoms with van der Waals surface area (Å²) in [6, 6.07) is 16.8. The quantitative estimate of drug-likeness (QED) is 0.419. The molecule has 2 aromatic carbocycles. The number of amides is 1. The highest BCUT2D eigenvalue weighted by atomic mass is 19.1. The zero-order valence-electron chi connectivity index (χ0n) is 15.3. The average molecular weight is 388 g/mol. The van der Waals surface area contributed by atoms with Crippen molar-refractivity contribution in [3.05, 3.63) is 107 Å². The van der Waals surface area contributed by atoms with Gasteiger partial charge in [-0.15, -0.1) is 0 Å². The van der Waals surface area contributed by atoms with Crippen LogP contribution in [0.3, 0.4) is 0 Å². The van der Waals surface area contributed by atoms with Gasteiger partial charge in [0.25, 0.3) is 11.7 Å². The summed E-state index contributed by atoms with van der Waals surface area (Å²) < 4.78 is 14.7. The maximum atomic E-state index is 14.7. The zero-order chi connectivity index (χ0) is 20.4. The highest BCUT2D eigenvalue weighted by Crippen LogP contribution is 2.40. The van der Waals surface area contributed by atoms with Gasteiger partial charge in [-0.3, -0.25) is 14.6 Å². The van der Waals surface area contributed by atoms with Crippen molar-refractivity contribution in [2.75, 3.05) is 0 Å². The first-order valence-corrected chi connectivity index (χ1v) is 9.05. The number of nitrogens with zero attached hydrogens (tertiary/aromatic N) is 2. The number of carbonyl (C=O) groups is 2. The number of likely N-dealkylation sites (tertiary alicyclic amines) is 1. The summed E-state index contributed by atoms with van der Waals surface area (Å²) in [6.07, 6.45) is 3.18. The number of hydrogen-bond donors (Lipinski definition) is 1. The second-order valence-corrected chi connectivity index (χ2v) is 6.68. The lowest BCUT2D eigenvalue weighted by molar-refractivity contribution is -0.140. The number of Topliss-reactive ketones (excluding diaryl/α,β-unsaturated/α-hetero) is 1. The third-order valence-electron chi connectivity index (χ3n) is 4.86. The molecule has 0 aliphatic carbocycles. The molecule has 1 aliphatic rings. The second kappa shape index (κ2) is 7.67. The molecule has 1 atom stereocenters. The standard InChI is InChI=1S/C23H17FN2O3/c24-18-11-5-4-10-17(18)20-19(21(27)16-8-2-1-3-9-16)22(28)23(29)26(20)14-15-7-6-12-25-13-15/h1-13,20,27H,14H2/b21-19+. The lowest BCUT2D eigenvalue weighted by Gasteiger charge is -2.25. The Labute approximate surface area is 166 Å². The molecule has 0 saturated carbocycles. The first-order valence-electron chi connectivity index (χ1n) is 9.05. The molecule has 0 radical (unpaired) electrons. The molecule has 1 fully saturated rings. The molecule has 0 spiro atoms. The Bertz CT molecular complexity index is 1100. The molecule has 3 aromatic rings. The minimum absolute atomic E-state index is 0.0585. The van der Waals surface area contributed by atoms with Crippen LogP contribution in [0, 0.1) is 5.82 Å². The van der Waals surface area contributed by atoms with E-state index < -0.39 is 23.5 Å². The number of ketones is 1. The summed E-state index contributed by atoms with van der Waals surface area (Å²) in [5, 5.41) is 10.9. The van der Waals surface area contributed by atoms with Crippen LogP contribution in [0.1, 0.15) is 22.7 Å². The number of halogens is 1. The summed E-state index contributed by atoms with van der Waals surface area (Å²) in [5.74, 6) is -2.52. The number of aromatic nitrogens is 1. The normalized spacial score (nSPS) is 18.2. The average Bonchev–Trinajstić information content (AvgIpc) is 3.00. The minimum atomic E-state index is -1.04. The fourth-order valence-electron chi connectivity index (χ4n) is 3.50. The summed E-state index contributed by atoms with van der Waals surface area (Å²) >= 11 is 0. The number of carbonyl (C=O) groups excluding carboxylic acids is 2. The van der Waals surface area contributed by atoms with Gasteiger partial charge in [0.1, 0.15) is 11.6 Å². The molecular weight excluding hydrogens is 371 g/mol. The fraction of sp³-hybridized carbons (Fsp3) is 0.0870. The molecule has 1 N–H and O–H groups in total. The van der Waals surface area contributed by atoms with Gasteiger partial charge < -0.3 is 10.0 Å². The molecule has 1 amide bonds. The summed E-state index contributed by atoms with van der Waals surface area (Å²) in [7, 11) is 0. The molecule has 144 valence electrons. The number of aliphatic hydroxyl groups is 1. The molecular formula is C23H17FN2O3. The molecule has 1 saturated heterocycles. The first kappa shape index (κ1) is 18.6. The van der Waals surface area contributed by atoms with Gasteiger partial charge in [0.15, 0.2) is 0 Å². The van der Waals surface area contributed by atoms with E-state index in [0.717, 1.165) is 0 Å². The van der Waals surface area contributed by atoms with Crippen molar-refractivity contribution >= 4 is 17.4 Å². The van der Waals surface area contributed by atoms with Crippen molar-refractivity contribution in [3.8, 4) is 0 Å². The Kier molecular flexibility index (Phi) is 4.91. The van der Waals surface area contributed by atoms with E-state index in [1.165, 1.54) is 23.1 Å². The number of hydrogen-bond acceptors (Lipinski definition) is 4. The van der Waals surface area contributed by atoms with E-state index in [-0.39, 0.29) is 23.4 Å². The number of rotatable bonds is 4. The smallest absolute Gasteiger partial charge is 0.295 e. The molecule has 2 heterocycles. The van der Waals surface area contributed by atoms with Gasteiger partial charge in [0, 0.05) is 30.1 Å². The van der Waals surface area contributed by atoms with Gasteiger partial charge in [0.2, 0.25) is 0 Å². The van der Waals surface area contributed by atoms with E-state index in [1.54, 1.807) is 60.9 Å². The largest absolute Gasteiger partial charge is 0.507 e. The first-order chi connectivity index (χ1) is 14.1. The van der Waals surface area contributed by atoms with Crippen molar-refractivity contribution in [2.24, 2.45) is 0 Å². The molecule has 1 unspecified atom stereocenters. The third-order valence-corrected chi connectivity index (χ3v) is 4.86. The van der Waals surface area contributed by atoms with Gasteiger partial charge in [-0.05, 0) is 17.7 Å². The minimum Gasteiger partial charge on any atom is -0.507 e. The molecule has 5 nitrogen and oxygen atoms in total. The van der Waals surface area contributed by atoms with E-state index in [4.69, 9.17) is 0 Å². The molecule has 6 heteroatoms. The topological polar surface area (TPSA) is 70.5 Å².